The number of halogens is 1. The molecule has 4 nitrogen and oxygen atoms in total. The number of carbonyl (C=O) groups is 1. The van der Waals surface area contributed by atoms with E-state index in [4.69, 9.17) is 0 Å². The van der Waals surface area contributed by atoms with Crippen molar-refractivity contribution in [2.45, 2.75) is 19.9 Å². The Morgan fingerprint density at radius 2 is 2.04 bits per heavy atom. The number of anilines is 1. The van der Waals surface area contributed by atoms with E-state index in [0.29, 0.717) is 5.69 Å². The van der Waals surface area contributed by atoms with E-state index in [9.17, 15) is 9.18 Å². The van der Waals surface area contributed by atoms with Gasteiger partial charge in [0.2, 0.25) is 0 Å². The molecule has 2 heterocycles. The van der Waals surface area contributed by atoms with Crippen LogP contribution in [-0.4, -0.2) is 41.8 Å². The lowest BCUT2D eigenvalue weighted by atomic mass is 10.1. The Bertz CT molecular complexity index is 681. The van der Waals surface area contributed by atoms with E-state index in [0.717, 1.165) is 31.2 Å². The van der Waals surface area contributed by atoms with Crippen LogP contribution < -0.4 is 4.90 Å². The third kappa shape index (κ3) is 3.28. The van der Waals surface area contributed by atoms with Crippen molar-refractivity contribution in [3.8, 4) is 0 Å². The van der Waals surface area contributed by atoms with Crippen LogP contribution in [0.25, 0.3) is 0 Å². The van der Waals surface area contributed by atoms with Gasteiger partial charge in [-0.15, -0.1) is 11.3 Å². The second-order valence-electron chi connectivity index (χ2n) is 5.76. The second kappa shape index (κ2) is 6.76. The smallest absolute Gasteiger partial charge is 0.164 e. The first-order valence-electron chi connectivity index (χ1n) is 7.75. The molecule has 0 bridgehead atoms. The molecule has 122 valence electrons. The molecule has 23 heavy (non-hydrogen) atoms. The van der Waals surface area contributed by atoms with E-state index >= 15 is 0 Å². The van der Waals surface area contributed by atoms with Gasteiger partial charge in [-0.3, -0.25) is 9.69 Å². The van der Waals surface area contributed by atoms with E-state index in [1.165, 1.54) is 13.0 Å². The first-order valence-corrected chi connectivity index (χ1v) is 8.63. The average Bonchev–Trinajstić information content (AvgIpc) is 3.08. The number of nitrogens with zero attached hydrogens (tertiary/aromatic N) is 3. The molecule has 1 atom stereocenters. The van der Waals surface area contributed by atoms with Crippen LogP contribution in [0.5, 0.6) is 0 Å². The Kier molecular flexibility index (Phi) is 4.73. The maximum atomic E-state index is 14.0. The number of hydrogen-bond acceptors (Lipinski definition) is 5. The topological polar surface area (TPSA) is 36.4 Å². The average molecular weight is 333 g/mol. The Balaban J connectivity index is 1.72. The normalized spacial score (nSPS) is 17.3. The number of thiazole rings is 1. The van der Waals surface area contributed by atoms with Crippen molar-refractivity contribution in [2.24, 2.45) is 0 Å². The van der Waals surface area contributed by atoms with Gasteiger partial charge in [0.25, 0.3) is 0 Å². The number of aromatic nitrogens is 1. The van der Waals surface area contributed by atoms with Gasteiger partial charge in [-0.1, -0.05) is 6.07 Å². The summed E-state index contributed by atoms with van der Waals surface area (Å²) in [5.74, 6) is -0.662. The molecular weight excluding hydrogens is 313 g/mol. The molecule has 0 radical (unpaired) electrons. The Morgan fingerprint density at radius 1 is 1.30 bits per heavy atom. The van der Waals surface area contributed by atoms with E-state index in [1.54, 1.807) is 17.4 Å². The highest BCUT2D eigenvalue weighted by molar-refractivity contribution is 7.09. The fourth-order valence-corrected chi connectivity index (χ4v) is 3.80. The lowest BCUT2D eigenvalue weighted by molar-refractivity contribution is 0.101. The molecule has 0 N–H and O–H groups in total. The van der Waals surface area contributed by atoms with Crippen LogP contribution >= 0.6 is 11.3 Å². The molecular formula is C17H20FN3OS. The molecule has 1 aliphatic heterocycles. The highest BCUT2D eigenvalue weighted by Gasteiger charge is 2.26. The number of Topliss-reactive ketones (excluding diaryl/α,β-unsaturated/α-hetero) is 1. The molecule has 3 rings (SSSR count). The molecule has 1 aliphatic rings. The zero-order valence-corrected chi connectivity index (χ0v) is 14.1. The summed E-state index contributed by atoms with van der Waals surface area (Å²) in [6.07, 6.45) is 1.83. The van der Waals surface area contributed by atoms with Crippen LogP contribution in [0.15, 0.2) is 29.8 Å². The molecule has 1 saturated heterocycles. The van der Waals surface area contributed by atoms with Gasteiger partial charge < -0.3 is 4.90 Å². The molecule has 1 aromatic carbocycles. The summed E-state index contributed by atoms with van der Waals surface area (Å²) < 4.78 is 14.0. The first-order chi connectivity index (χ1) is 11.1. The predicted molar refractivity (Wildman–Crippen MR) is 90.7 cm³/mol. The standard InChI is InChI=1S/C17H20FN3OS/c1-12(17-19-6-11-23-17)20-7-9-21(10-8-20)15-5-3-4-14(18)16(15)13(2)22/h3-6,11-12H,7-10H2,1-2H3. The largest absolute Gasteiger partial charge is 0.368 e. The molecule has 1 fully saturated rings. The Morgan fingerprint density at radius 3 is 2.65 bits per heavy atom. The fraction of sp³-hybridized carbons (Fsp3) is 0.412. The van der Waals surface area contributed by atoms with Crippen LogP contribution in [-0.2, 0) is 0 Å². The maximum absolute atomic E-state index is 14.0. The summed E-state index contributed by atoms with van der Waals surface area (Å²) in [5.41, 5.74) is 0.910. The van der Waals surface area contributed by atoms with Crippen LogP contribution in [0.1, 0.15) is 35.3 Å². The van der Waals surface area contributed by atoms with Crippen LogP contribution in [0.3, 0.4) is 0 Å². The molecule has 0 aliphatic carbocycles. The third-order valence-electron chi connectivity index (χ3n) is 4.36. The highest BCUT2D eigenvalue weighted by atomic mass is 32.1. The summed E-state index contributed by atoms with van der Waals surface area (Å²) >= 11 is 1.67. The van der Waals surface area contributed by atoms with Gasteiger partial charge in [-0.2, -0.15) is 0 Å². The van der Waals surface area contributed by atoms with Gasteiger partial charge in [0.1, 0.15) is 10.8 Å². The van der Waals surface area contributed by atoms with Crippen molar-refractivity contribution < 1.29 is 9.18 Å². The zero-order chi connectivity index (χ0) is 16.4. The summed E-state index contributed by atoms with van der Waals surface area (Å²) in [6, 6.07) is 5.14. The number of carbonyl (C=O) groups excluding carboxylic acids is 1. The quantitative estimate of drug-likeness (QED) is 0.804. The Hall–Kier alpha value is -1.79. The van der Waals surface area contributed by atoms with Crippen molar-refractivity contribution in [1.82, 2.24) is 9.88 Å². The molecule has 1 aromatic heterocycles. The van der Waals surface area contributed by atoms with Crippen molar-refractivity contribution in [2.75, 3.05) is 31.1 Å². The minimum atomic E-state index is -0.436. The van der Waals surface area contributed by atoms with Crippen LogP contribution in [0, 0.1) is 5.82 Å². The fourth-order valence-electron chi connectivity index (χ4n) is 3.07. The van der Waals surface area contributed by atoms with E-state index in [1.807, 2.05) is 17.6 Å². The maximum Gasteiger partial charge on any atom is 0.164 e. The number of hydrogen-bond donors (Lipinski definition) is 0. The van der Waals surface area contributed by atoms with Crippen LogP contribution in [0.4, 0.5) is 10.1 Å². The molecule has 1 unspecified atom stereocenters. The molecule has 0 amide bonds. The SMILES string of the molecule is CC(=O)c1c(F)cccc1N1CCN(C(C)c2nccs2)CC1. The lowest BCUT2D eigenvalue weighted by Gasteiger charge is -2.39. The number of benzene rings is 1. The van der Waals surface area contributed by atoms with E-state index in [-0.39, 0.29) is 17.4 Å². The monoisotopic (exact) mass is 333 g/mol. The molecule has 0 saturated carbocycles. The second-order valence-corrected chi connectivity index (χ2v) is 6.69. The van der Waals surface area contributed by atoms with Crippen molar-refractivity contribution in [1.29, 1.82) is 0 Å². The third-order valence-corrected chi connectivity index (χ3v) is 5.30. The van der Waals surface area contributed by atoms with Crippen molar-refractivity contribution >= 4 is 22.8 Å². The lowest BCUT2D eigenvalue weighted by Crippen LogP contribution is -2.47. The molecule has 2 aromatic rings. The summed E-state index contributed by atoms with van der Waals surface area (Å²) in [4.78, 5) is 20.6. The van der Waals surface area contributed by atoms with Gasteiger partial charge in [-0.05, 0) is 26.0 Å². The van der Waals surface area contributed by atoms with Gasteiger partial charge in [0.05, 0.1) is 17.3 Å². The van der Waals surface area contributed by atoms with Crippen molar-refractivity contribution in [3.05, 3.63) is 46.2 Å². The Labute approximate surface area is 139 Å². The first kappa shape index (κ1) is 16.1. The van der Waals surface area contributed by atoms with Crippen LogP contribution in [0.2, 0.25) is 0 Å². The molecule has 6 heteroatoms. The molecule has 0 spiro atoms. The minimum Gasteiger partial charge on any atom is -0.368 e. The van der Waals surface area contributed by atoms with E-state index in [2.05, 4.69) is 21.7 Å². The summed E-state index contributed by atoms with van der Waals surface area (Å²) in [5, 5.41) is 3.11. The summed E-state index contributed by atoms with van der Waals surface area (Å²) in [7, 11) is 0. The highest BCUT2D eigenvalue weighted by Crippen LogP contribution is 2.28. The van der Waals surface area contributed by atoms with Gasteiger partial charge in [0, 0.05) is 37.8 Å². The number of ketones is 1. The number of piperazine rings is 1. The predicted octanol–water partition coefficient (Wildman–Crippen LogP) is 3.37. The van der Waals surface area contributed by atoms with E-state index < -0.39 is 5.82 Å². The van der Waals surface area contributed by atoms with Gasteiger partial charge >= 0.3 is 0 Å². The zero-order valence-electron chi connectivity index (χ0n) is 13.3. The number of rotatable bonds is 4. The van der Waals surface area contributed by atoms with Crippen molar-refractivity contribution in [3.63, 3.8) is 0 Å². The minimum absolute atomic E-state index is 0.203. The summed E-state index contributed by atoms with van der Waals surface area (Å²) in [6.45, 7) is 6.88. The van der Waals surface area contributed by atoms with Gasteiger partial charge in [0.15, 0.2) is 5.78 Å². The van der Waals surface area contributed by atoms with Gasteiger partial charge in [-0.25, -0.2) is 9.37 Å².